The van der Waals surface area contributed by atoms with Crippen LogP contribution in [0.15, 0.2) is 0 Å². The minimum Gasteiger partial charge on any atom is -0.381 e. The van der Waals surface area contributed by atoms with Crippen LogP contribution in [0.4, 0.5) is 0 Å². The largest absolute Gasteiger partial charge is 0.381 e. The summed E-state index contributed by atoms with van der Waals surface area (Å²) >= 11 is 0. The van der Waals surface area contributed by atoms with Gasteiger partial charge in [-0.2, -0.15) is 0 Å². The molecule has 0 amide bonds. The lowest BCUT2D eigenvalue weighted by molar-refractivity contribution is -0.179. The first-order valence-corrected chi connectivity index (χ1v) is 7.95. The van der Waals surface area contributed by atoms with Crippen LogP contribution in [0, 0.1) is 5.92 Å². The number of hydrogen-bond acceptors (Lipinski definition) is 4. The van der Waals surface area contributed by atoms with Gasteiger partial charge in [-0.05, 0) is 44.6 Å². The van der Waals surface area contributed by atoms with Crippen molar-refractivity contribution in [2.45, 2.75) is 56.8 Å². The van der Waals surface area contributed by atoms with E-state index < -0.39 is 0 Å². The van der Waals surface area contributed by atoms with E-state index in [4.69, 9.17) is 14.2 Å². The van der Waals surface area contributed by atoms with E-state index in [1.807, 2.05) is 0 Å². The average Bonchev–Trinajstić information content (AvgIpc) is 3.16. The van der Waals surface area contributed by atoms with Gasteiger partial charge in [0.2, 0.25) is 0 Å². The molecule has 0 aromatic rings. The van der Waals surface area contributed by atoms with Gasteiger partial charge in [-0.1, -0.05) is 0 Å². The number of rotatable bonds is 7. The Balaban J connectivity index is 1.21. The van der Waals surface area contributed by atoms with E-state index in [1.165, 1.54) is 25.7 Å². The summed E-state index contributed by atoms with van der Waals surface area (Å²) in [5.74, 6) is 0.667. The molecular formula is C15H27NO3. The Bertz CT molecular complexity index is 265. The van der Waals surface area contributed by atoms with Crippen molar-refractivity contribution in [3.8, 4) is 0 Å². The van der Waals surface area contributed by atoms with Gasteiger partial charge in [0.05, 0.1) is 13.2 Å². The number of hydrogen-bond donors (Lipinski definition) is 1. The summed E-state index contributed by atoms with van der Waals surface area (Å²) in [7, 11) is 0. The van der Waals surface area contributed by atoms with Crippen LogP contribution >= 0.6 is 0 Å². The zero-order valence-electron chi connectivity index (χ0n) is 11.9. The topological polar surface area (TPSA) is 39.7 Å². The second kappa shape index (κ2) is 6.53. The van der Waals surface area contributed by atoms with Crippen LogP contribution in [0.3, 0.4) is 0 Å². The van der Waals surface area contributed by atoms with Crippen LogP contribution in [-0.4, -0.2) is 44.8 Å². The molecule has 0 aromatic heterocycles. The van der Waals surface area contributed by atoms with Crippen molar-refractivity contribution in [2.24, 2.45) is 5.92 Å². The molecule has 0 aromatic carbocycles. The van der Waals surface area contributed by atoms with E-state index >= 15 is 0 Å². The van der Waals surface area contributed by atoms with Gasteiger partial charge in [-0.15, -0.1) is 0 Å². The summed E-state index contributed by atoms with van der Waals surface area (Å²) in [5.41, 5.74) is 0. The van der Waals surface area contributed by atoms with Crippen LogP contribution < -0.4 is 5.32 Å². The molecule has 3 rings (SSSR count). The Morgan fingerprint density at radius 3 is 2.47 bits per heavy atom. The van der Waals surface area contributed by atoms with Crippen molar-refractivity contribution < 1.29 is 14.2 Å². The maximum absolute atomic E-state index is 5.75. The van der Waals surface area contributed by atoms with Gasteiger partial charge in [0.1, 0.15) is 0 Å². The fourth-order valence-corrected chi connectivity index (χ4v) is 3.06. The van der Waals surface area contributed by atoms with Gasteiger partial charge in [-0.25, -0.2) is 0 Å². The predicted octanol–water partition coefficient (Wildman–Crippen LogP) is 2.08. The first-order valence-electron chi connectivity index (χ1n) is 7.95. The molecule has 1 aliphatic heterocycles. The molecule has 110 valence electrons. The molecule has 1 saturated heterocycles. The molecule has 3 aliphatic rings. The lowest BCUT2D eigenvalue weighted by Crippen LogP contribution is -2.42. The van der Waals surface area contributed by atoms with Gasteiger partial charge in [-0.3, -0.25) is 0 Å². The first kappa shape index (κ1) is 13.8. The fourth-order valence-electron chi connectivity index (χ4n) is 3.06. The molecule has 2 aliphatic carbocycles. The smallest absolute Gasteiger partial charge is 0.168 e. The first-order chi connectivity index (χ1) is 9.36. The highest BCUT2D eigenvalue weighted by Crippen LogP contribution is 2.35. The minimum absolute atomic E-state index is 0.217. The molecule has 4 nitrogen and oxygen atoms in total. The SMILES string of the molecule is C(CNC1CCC2(CC1)OCCO2)COCC1CC1. The van der Waals surface area contributed by atoms with Crippen LogP contribution in [0.25, 0.3) is 0 Å². The molecule has 3 fully saturated rings. The Labute approximate surface area is 116 Å². The second-order valence-electron chi connectivity index (χ2n) is 6.21. The Morgan fingerprint density at radius 2 is 1.79 bits per heavy atom. The van der Waals surface area contributed by atoms with Gasteiger partial charge in [0, 0.05) is 32.1 Å². The fraction of sp³-hybridized carbons (Fsp3) is 1.00. The van der Waals surface area contributed by atoms with Crippen molar-refractivity contribution in [1.29, 1.82) is 0 Å². The summed E-state index contributed by atoms with van der Waals surface area (Å²) in [6.45, 7) is 4.52. The number of nitrogens with one attached hydrogen (secondary N) is 1. The molecule has 1 spiro atoms. The van der Waals surface area contributed by atoms with E-state index in [9.17, 15) is 0 Å². The molecule has 0 radical (unpaired) electrons. The van der Waals surface area contributed by atoms with Crippen molar-refractivity contribution in [3.63, 3.8) is 0 Å². The molecule has 0 unspecified atom stereocenters. The van der Waals surface area contributed by atoms with E-state index in [2.05, 4.69) is 5.32 Å². The van der Waals surface area contributed by atoms with Crippen molar-refractivity contribution in [3.05, 3.63) is 0 Å². The second-order valence-corrected chi connectivity index (χ2v) is 6.21. The van der Waals surface area contributed by atoms with Crippen molar-refractivity contribution >= 4 is 0 Å². The summed E-state index contributed by atoms with van der Waals surface area (Å²) in [4.78, 5) is 0. The molecule has 1 N–H and O–H groups in total. The summed E-state index contributed by atoms with van der Waals surface area (Å²) in [6.07, 6.45) is 8.32. The summed E-state index contributed by atoms with van der Waals surface area (Å²) < 4.78 is 17.1. The molecule has 2 saturated carbocycles. The van der Waals surface area contributed by atoms with Gasteiger partial charge >= 0.3 is 0 Å². The van der Waals surface area contributed by atoms with E-state index in [0.717, 1.165) is 58.2 Å². The molecule has 1 heterocycles. The normalized spacial score (nSPS) is 27.2. The average molecular weight is 269 g/mol. The van der Waals surface area contributed by atoms with Crippen LogP contribution in [0.2, 0.25) is 0 Å². The molecule has 19 heavy (non-hydrogen) atoms. The third-order valence-corrected chi connectivity index (χ3v) is 4.51. The molecule has 0 atom stereocenters. The molecular weight excluding hydrogens is 242 g/mol. The minimum atomic E-state index is -0.217. The maximum Gasteiger partial charge on any atom is 0.168 e. The summed E-state index contributed by atoms with van der Waals surface area (Å²) in [6, 6.07) is 0.641. The predicted molar refractivity (Wildman–Crippen MR) is 73.1 cm³/mol. The monoisotopic (exact) mass is 269 g/mol. The highest BCUT2D eigenvalue weighted by molar-refractivity contribution is 4.85. The number of ether oxygens (including phenoxy) is 3. The van der Waals surface area contributed by atoms with E-state index in [-0.39, 0.29) is 5.79 Å². The Hall–Kier alpha value is -0.160. The van der Waals surface area contributed by atoms with Gasteiger partial charge < -0.3 is 19.5 Å². The van der Waals surface area contributed by atoms with E-state index in [1.54, 1.807) is 0 Å². The van der Waals surface area contributed by atoms with Crippen molar-refractivity contribution in [2.75, 3.05) is 33.0 Å². The molecule has 4 heteroatoms. The Kier molecular flexibility index (Phi) is 4.74. The van der Waals surface area contributed by atoms with Crippen LogP contribution in [-0.2, 0) is 14.2 Å². The third-order valence-electron chi connectivity index (χ3n) is 4.51. The van der Waals surface area contributed by atoms with Crippen molar-refractivity contribution in [1.82, 2.24) is 5.32 Å². The zero-order chi connectivity index (χ0) is 13.0. The lowest BCUT2D eigenvalue weighted by Gasteiger charge is -2.35. The molecule has 0 bridgehead atoms. The zero-order valence-corrected chi connectivity index (χ0v) is 11.9. The quantitative estimate of drug-likeness (QED) is 0.718. The summed E-state index contributed by atoms with van der Waals surface area (Å²) in [5, 5.41) is 3.64. The third kappa shape index (κ3) is 4.15. The van der Waals surface area contributed by atoms with Gasteiger partial charge in [0.25, 0.3) is 0 Å². The lowest BCUT2D eigenvalue weighted by atomic mass is 9.90. The maximum atomic E-state index is 5.75. The van der Waals surface area contributed by atoms with Crippen LogP contribution in [0.5, 0.6) is 0 Å². The Morgan fingerprint density at radius 1 is 1.05 bits per heavy atom. The van der Waals surface area contributed by atoms with E-state index in [0.29, 0.717) is 6.04 Å². The van der Waals surface area contributed by atoms with Gasteiger partial charge in [0.15, 0.2) is 5.79 Å². The standard InChI is InChI=1S/C15H27NO3/c1(9-17-12-13-2-3-13)8-16-14-4-6-15(7-5-14)18-10-11-19-15/h13-14,16H,1-12H2. The highest BCUT2D eigenvalue weighted by Gasteiger charge is 2.39. The van der Waals surface area contributed by atoms with Crippen LogP contribution in [0.1, 0.15) is 44.9 Å². The highest BCUT2D eigenvalue weighted by atomic mass is 16.7.